The highest BCUT2D eigenvalue weighted by Crippen LogP contribution is 2.16. The number of nitrogens with two attached hydrogens (primary N) is 1. The van der Waals surface area contributed by atoms with E-state index in [1.54, 1.807) is 0 Å². The van der Waals surface area contributed by atoms with Crippen LogP contribution in [-0.2, 0) is 0 Å². The van der Waals surface area contributed by atoms with Crippen LogP contribution < -0.4 is 20.8 Å². The minimum absolute atomic E-state index is 0.0431. The van der Waals surface area contributed by atoms with Gasteiger partial charge in [0.2, 0.25) is 0 Å². The van der Waals surface area contributed by atoms with Gasteiger partial charge in [0.05, 0.1) is 0 Å². The Morgan fingerprint density at radius 1 is 0.792 bits per heavy atom. The van der Waals surface area contributed by atoms with Crippen molar-refractivity contribution in [1.29, 1.82) is 0 Å². The molecule has 24 heavy (non-hydrogen) atoms. The molecular weight excluding hydrogens is 310 g/mol. The third-order valence-electron chi connectivity index (χ3n) is 4.03. The van der Waals surface area contributed by atoms with Crippen LogP contribution in [0.5, 0.6) is 5.75 Å². The molecule has 0 aliphatic heterocycles. The van der Waals surface area contributed by atoms with E-state index >= 15 is 0 Å². The molecule has 0 saturated heterocycles. The third-order valence-corrected chi connectivity index (χ3v) is 7.30. The number of hydrogen-bond acceptors (Lipinski definition) is 2. The molecule has 3 rings (SSSR count). The van der Waals surface area contributed by atoms with Gasteiger partial charge in [-0.3, -0.25) is 0 Å². The van der Waals surface area contributed by atoms with Crippen LogP contribution in [0.3, 0.4) is 0 Å². The maximum absolute atomic E-state index is 6.28. The van der Waals surface area contributed by atoms with E-state index in [1.807, 2.05) is 42.5 Å². The summed E-state index contributed by atoms with van der Waals surface area (Å²) in [5.74, 6) is 0.818. The highest BCUT2D eigenvalue weighted by molar-refractivity contribution is 6.86. The van der Waals surface area contributed by atoms with Gasteiger partial charge in [-0.05, 0) is 24.3 Å². The maximum Gasteiger partial charge on any atom is 0.153 e. The minimum atomic E-state index is -1.62. The van der Waals surface area contributed by atoms with Gasteiger partial charge in [-0.1, -0.05) is 83.7 Å². The van der Waals surface area contributed by atoms with Gasteiger partial charge in [0, 0.05) is 5.69 Å². The molecular formula is C21H21NOSi. The smallest absolute Gasteiger partial charge is 0.153 e. The fourth-order valence-electron chi connectivity index (χ4n) is 2.85. The first-order chi connectivity index (χ1) is 11.8. The van der Waals surface area contributed by atoms with Crippen LogP contribution in [0.25, 0.3) is 0 Å². The number of nitrogen functional groups attached to an aromatic ring is 1. The van der Waals surface area contributed by atoms with Crippen molar-refractivity contribution >= 4 is 24.9 Å². The summed E-state index contributed by atoms with van der Waals surface area (Å²) < 4.78 is 6.28. The molecule has 0 bridgehead atoms. The van der Waals surface area contributed by atoms with E-state index in [1.165, 1.54) is 10.4 Å². The van der Waals surface area contributed by atoms with Crippen molar-refractivity contribution in [3.63, 3.8) is 0 Å². The molecule has 3 aromatic carbocycles. The van der Waals surface area contributed by atoms with E-state index in [4.69, 9.17) is 10.5 Å². The van der Waals surface area contributed by atoms with E-state index in [-0.39, 0.29) is 5.73 Å². The van der Waals surface area contributed by atoms with E-state index in [9.17, 15) is 0 Å². The van der Waals surface area contributed by atoms with Crippen LogP contribution in [0, 0.1) is 0 Å². The van der Waals surface area contributed by atoms with Crippen molar-refractivity contribution in [3.8, 4) is 5.75 Å². The van der Waals surface area contributed by atoms with Gasteiger partial charge in [0.25, 0.3) is 0 Å². The summed E-state index contributed by atoms with van der Waals surface area (Å²) in [5, 5.41) is 2.67. The monoisotopic (exact) mass is 331 g/mol. The molecule has 0 aliphatic carbocycles. The third kappa shape index (κ3) is 3.75. The summed E-state index contributed by atoms with van der Waals surface area (Å²) >= 11 is 0. The Hall–Kier alpha value is -2.78. The molecule has 0 amide bonds. The van der Waals surface area contributed by atoms with E-state index < -0.39 is 8.80 Å². The predicted molar refractivity (Wildman–Crippen MR) is 105 cm³/mol. The van der Waals surface area contributed by atoms with Crippen LogP contribution in [-0.4, -0.2) is 14.5 Å². The zero-order chi connectivity index (χ0) is 16.8. The Kier molecular flexibility index (Phi) is 5.14. The number of hydrogen-bond donors (Lipinski definition) is 1. The number of ether oxygens (including phenoxy) is 1. The van der Waals surface area contributed by atoms with Crippen molar-refractivity contribution in [1.82, 2.24) is 0 Å². The fourth-order valence-corrected chi connectivity index (χ4v) is 5.83. The molecule has 3 heteroatoms. The van der Waals surface area contributed by atoms with Gasteiger partial charge in [0.15, 0.2) is 8.80 Å². The lowest BCUT2D eigenvalue weighted by Gasteiger charge is -2.25. The maximum atomic E-state index is 6.28. The average Bonchev–Trinajstić information content (AvgIpc) is 2.64. The molecule has 0 radical (unpaired) electrons. The molecule has 0 heterocycles. The Morgan fingerprint density at radius 3 is 1.75 bits per heavy atom. The average molecular weight is 331 g/mol. The van der Waals surface area contributed by atoms with Gasteiger partial charge < -0.3 is 10.5 Å². The first-order valence-corrected chi connectivity index (χ1v) is 9.84. The number of benzene rings is 3. The highest BCUT2D eigenvalue weighted by Gasteiger charge is 2.26. The van der Waals surface area contributed by atoms with Crippen LogP contribution in [0.2, 0.25) is 0 Å². The summed E-state index contributed by atoms with van der Waals surface area (Å²) in [6, 6.07) is 28.7. The molecule has 0 saturated carbocycles. The summed E-state index contributed by atoms with van der Waals surface area (Å²) in [7, 11) is -1.62. The summed E-state index contributed by atoms with van der Waals surface area (Å²) in [6.07, 6.45) is 1.92. The largest absolute Gasteiger partial charge is 0.490 e. The van der Waals surface area contributed by atoms with Gasteiger partial charge >= 0.3 is 0 Å². The molecule has 2 N–H and O–H groups in total. The first-order valence-electron chi connectivity index (χ1n) is 8.02. The fraction of sp³-hybridized carbons (Fsp3) is 0.0476. The van der Waals surface area contributed by atoms with Gasteiger partial charge in [-0.2, -0.15) is 0 Å². The van der Waals surface area contributed by atoms with Crippen molar-refractivity contribution in [2.75, 3.05) is 5.73 Å². The van der Waals surface area contributed by atoms with Crippen molar-refractivity contribution < 1.29 is 4.74 Å². The number of anilines is 1. The van der Waals surface area contributed by atoms with Crippen molar-refractivity contribution in [2.45, 2.75) is 5.73 Å². The summed E-state index contributed by atoms with van der Waals surface area (Å²) in [4.78, 5) is 0. The minimum Gasteiger partial charge on any atom is -0.490 e. The van der Waals surface area contributed by atoms with E-state index in [0.29, 0.717) is 0 Å². The molecule has 3 aromatic rings. The SMILES string of the molecule is C=CC(Oc1ccc(N)cc1)[SiH](c1ccccc1)c1ccccc1. The molecule has 0 aliphatic rings. The van der Waals surface area contributed by atoms with Gasteiger partial charge in [-0.25, -0.2) is 0 Å². The zero-order valence-corrected chi connectivity index (χ0v) is 14.7. The molecule has 0 spiro atoms. The van der Waals surface area contributed by atoms with E-state index in [2.05, 4.69) is 55.1 Å². The van der Waals surface area contributed by atoms with Crippen LogP contribution in [0.1, 0.15) is 0 Å². The topological polar surface area (TPSA) is 35.2 Å². The quantitative estimate of drug-likeness (QED) is 0.428. The lowest BCUT2D eigenvalue weighted by molar-refractivity contribution is 0.321. The van der Waals surface area contributed by atoms with E-state index in [0.717, 1.165) is 11.4 Å². The number of rotatable bonds is 6. The van der Waals surface area contributed by atoms with Crippen LogP contribution in [0.4, 0.5) is 5.69 Å². The lowest BCUT2D eigenvalue weighted by atomic mass is 10.3. The second kappa shape index (κ2) is 7.66. The standard InChI is InChI=1S/C21H21NOSi/c1-2-21(23-18-15-13-17(22)14-16-18)24(19-9-5-3-6-10-19)20-11-7-4-8-12-20/h2-16,21,24H,1,22H2. The van der Waals surface area contributed by atoms with Crippen molar-refractivity contribution in [2.24, 2.45) is 0 Å². The van der Waals surface area contributed by atoms with Crippen LogP contribution >= 0.6 is 0 Å². The molecule has 0 fully saturated rings. The molecule has 2 nitrogen and oxygen atoms in total. The zero-order valence-electron chi connectivity index (χ0n) is 13.5. The Balaban J connectivity index is 1.96. The molecule has 0 aromatic heterocycles. The second-order valence-electron chi connectivity index (χ2n) is 5.69. The summed E-state index contributed by atoms with van der Waals surface area (Å²) in [6.45, 7) is 4.03. The normalized spacial score (nSPS) is 11.9. The van der Waals surface area contributed by atoms with Crippen molar-refractivity contribution in [3.05, 3.63) is 97.6 Å². The van der Waals surface area contributed by atoms with Gasteiger partial charge in [-0.15, -0.1) is 0 Å². The predicted octanol–water partition coefficient (Wildman–Crippen LogP) is 2.78. The Bertz CT molecular complexity index is 732. The summed E-state index contributed by atoms with van der Waals surface area (Å²) in [5.41, 5.74) is 6.46. The molecule has 1 atom stereocenters. The Morgan fingerprint density at radius 2 is 1.29 bits per heavy atom. The van der Waals surface area contributed by atoms with Crippen LogP contribution in [0.15, 0.2) is 97.6 Å². The molecule has 120 valence electrons. The molecule has 1 unspecified atom stereocenters. The highest BCUT2D eigenvalue weighted by atomic mass is 28.3. The second-order valence-corrected chi connectivity index (χ2v) is 8.63. The Labute approximate surface area is 144 Å². The lowest BCUT2D eigenvalue weighted by Crippen LogP contribution is -2.53. The first kappa shape index (κ1) is 16.1. The van der Waals surface area contributed by atoms with Gasteiger partial charge in [0.1, 0.15) is 11.5 Å².